The Morgan fingerprint density at radius 1 is 1.10 bits per heavy atom. The van der Waals surface area contributed by atoms with E-state index in [0.717, 1.165) is 5.56 Å². The fourth-order valence-corrected chi connectivity index (χ4v) is 2.55. The Kier molecular flexibility index (Phi) is 5.24. The molecule has 0 bridgehead atoms. The average Bonchev–Trinajstić information content (AvgIpc) is 2.46. The molecule has 0 unspecified atom stereocenters. The van der Waals surface area contributed by atoms with E-state index in [4.69, 9.17) is 12.2 Å². The number of phenols is 1. The van der Waals surface area contributed by atoms with Crippen molar-refractivity contribution in [1.29, 1.82) is 0 Å². The smallest absolute Gasteiger partial charge is 0.185 e. The van der Waals surface area contributed by atoms with Gasteiger partial charge in [-0.2, -0.15) is 0 Å². The van der Waals surface area contributed by atoms with E-state index in [-0.39, 0.29) is 5.75 Å². The second-order valence-corrected chi connectivity index (χ2v) is 5.49. The van der Waals surface area contributed by atoms with Crippen molar-refractivity contribution in [2.45, 2.75) is 38.1 Å². The Hall–Kier alpha value is -1.75. The Morgan fingerprint density at radius 2 is 1.75 bits per heavy atom. The number of phenolic OH excluding ortho intramolecular Hbond substituents is 1. The number of nitrogens with one attached hydrogen (secondary N) is 3. The third-order valence-corrected chi connectivity index (χ3v) is 3.70. The van der Waals surface area contributed by atoms with Gasteiger partial charge in [-0.25, -0.2) is 0 Å². The van der Waals surface area contributed by atoms with Gasteiger partial charge in [-0.05, 0) is 54.9 Å². The van der Waals surface area contributed by atoms with Gasteiger partial charge in [-0.15, -0.1) is 0 Å². The topological polar surface area (TPSA) is 56.3 Å². The lowest BCUT2D eigenvalue weighted by atomic mass is 9.96. The molecule has 1 aliphatic carbocycles. The van der Waals surface area contributed by atoms with Gasteiger partial charge < -0.3 is 10.4 Å². The Bertz CT molecular complexity index is 467. The van der Waals surface area contributed by atoms with Gasteiger partial charge in [0.2, 0.25) is 0 Å². The maximum Gasteiger partial charge on any atom is 0.185 e. The van der Waals surface area contributed by atoms with Crippen LogP contribution in [0.2, 0.25) is 0 Å². The van der Waals surface area contributed by atoms with Gasteiger partial charge >= 0.3 is 0 Å². The molecular weight excluding hydrogens is 270 g/mol. The molecule has 0 heterocycles. The Balaban J connectivity index is 1.75. The lowest BCUT2D eigenvalue weighted by Crippen LogP contribution is -2.47. The summed E-state index contributed by atoms with van der Waals surface area (Å²) in [7, 11) is 0. The molecule has 1 aliphatic rings. The molecule has 1 aromatic carbocycles. The van der Waals surface area contributed by atoms with Crippen LogP contribution < -0.4 is 16.2 Å². The van der Waals surface area contributed by atoms with Crippen LogP contribution >= 0.6 is 12.2 Å². The van der Waals surface area contributed by atoms with Crippen molar-refractivity contribution in [2.24, 2.45) is 0 Å². The minimum absolute atomic E-state index is 0.240. The maximum absolute atomic E-state index is 9.24. The highest BCUT2D eigenvalue weighted by Crippen LogP contribution is 2.17. The maximum atomic E-state index is 9.24. The second kappa shape index (κ2) is 7.14. The van der Waals surface area contributed by atoms with Gasteiger partial charge in [0.1, 0.15) is 5.75 Å². The summed E-state index contributed by atoms with van der Waals surface area (Å²) >= 11 is 5.26. The molecule has 108 valence electrons. The van der Waals surface area contributed by atoms with Gasteiger partial charge in [0.15, 0.2) is 5.11 Å². The van der Waals surface area contributed by atoms with Crippen molar-refractivity contribution in [3.63, 3.8) is 0 Å². The third kappa shape index (κ3) is 4.42. The second-order valence-electron chi connectivity index (χ2n) is 5.08. The number of aromatic hydroxyl groups is 1. The predicted octanol–water partition coefficient (Wildman–Crippen LogP) is 2.66. The highest BCUT2D eigenvalue weighted by Gasteiger charge is 2.13. The van der Waals surface area contributed by atoms with Crippen LogP contribution in [0.5, 0.6) is 5.75 Å². The molecule has 0 amide bonds. The monoisotopic (exact) mass is 291 g/mol. The molecule has 0 spiro atoms. The van der Waals surface area contributed by atoms with Crippen LogP contribution in [0.15, 0.2) is 30.8 Å². The van der Waals surface area contributed by atoms with Crippen molar-refractivity contribution < 1.29 is 5.11 Å². The molecule has 0 atom stereocenters. The van der Waals surface area contributed by atoms with E-state index >= 15 is 0 Å². The van der Waals surface area contributed by atoms with E-state index in [1.165, 1.54) is 32.1 Å². The summed E-state index contributed by atoms with van der Waals surface area (Å²) in [5, 5.41) is 13.1. The summed E-state index contributed by atoms with van der Waals surface area (Å²) in [6.07, 6.45) is 6.23. The van der Waals surface area contributed by atoms with Gasteiger partial charge in [-0.3, -0.25) is 10.9 Å². The number of hydrogen-bond acceptors (Lipinski definition) is 3. The average molecular weight is 291 g/mol. The molecule has 1 fully saturated rings. The van der Waals surface area contributed by atoms with Crippen LogP contribution in [0, 0.1) is 0 Å². The first-order chi connectivity index (χ1) is 9.65. The quantitative estimate of drug-likeness (QED) is 0.507. The summed E-state index contributed by atoms with van der Waals surface area (Å²) in [5.41, 5.74) is 7.53. The van der Waals surface area contributed by atoms with Gasteiger partial charge in [0.25, 0.3) is 0 Å². The summed E-state index contributed by atoms with van der Waals surface area (Å²) in [4.78, 5) is 0. The Morgan fingerprint density at radius 3 is 2.40 bits per heavy atom. The van der Waals surface area contributed by atoms with Gasteiger partial charge in [-0.1, -0.05) is 25.8 Å². The summed E-state index contributed by atoms with van der Waals surface area (Å²) in [6.45, 7) is 3.93. The highest BCUT2D eigenvalue weighted by molar-refractivity contribution is 7.80. The number of hydrogen-bond donors (Lipinski definition) is 4. The van der Waals surface area contributed by atoms with E-state index in [9.17, 15) is 5.11 Å². The van der Waals surface area contributed by atoms with Crippen molar-refractivity contribution >= 4 is 23.0 Å². The fourth-order valence-electron chi connectivity index (χ4n) is 2.34. The lowest BCUT2D eigenvalue weighted by molar-refractivity contribution is 0.411. The van der Waals surface area contributed by atoms with Crippen molar-refractivity contribution in [3.8, 4) is 5.75 Å². The first kappa shape index (κ1) is 14.7. The molecule has 4 nitrogen and oxygen atoms in total. The molecule has 0 aliphatic heterocycles. The van der Waals surface area contributed by atoms with Crippen molar-refractivity contribution in [2.75, 3.05) is 0 Å². The molecular formula is C15H21N3OS. The van der Waals surface area contributed by atoms with Crippen LogP contribution in [0.3, 0.4) is 0 Å². The molecule has 20 heavy (non-hydrogen) atoms. The van der Waals surface area contributed by atoms with Crippen LogP contribution in [-0.4, -0.2) is 16.3 Å². The first-order valence-electron chi connectivity index (χ1n) is 6.96. The SMILES string of the molecule is C=C(NNC(=S)NC1CCCCC1)c1ccc(O)cc1. The third-order valence-electron chi connectivity index (χ3n) is 3.48. The zero-order valence-corrected chi connectivity index (χ0v) is 12.3. The van der Waals surface area contributed by atoms with Crippen LogP contribution in [-0.2, 0) is 0 Å². The van der Waals surface area contributed by atoms with Crippen molar-refractivity contribution in [1.82, 2.24) is 16.2 Å². The van der Waals surface area contributed by atoms with Crippen LogP contribution in [0.25, 0.3) is 5.70 Å². The van der Waals surface area contributed by atoms with E-state index in [0.29, 0.717) is 16.9 Å². The zero-order valence-electron chi connectivity index (χ0n) is 11.5. The van der Waals surface area contributed by atoms with E-state index in [2.05, 4.69) is 22.7 Å². The summed E-state index contributed by atoms with van der Waals surface area (Å²) in [5.74, 6) is 0.240. The number of hydrazine groups is 1. The number of rotatable bonds is 4. The van der Waals surface area contributed by atoms with Gasteiger partial charge in [0.05, 0.1) is 5.70 Å². The zero-order chi connectivity index (χ0) is 14.4. The molecule has 0 radical (unpaired) electrons. The molecule has 0 saturated heterocycles. The minimum atomic E-state index is 0.240. The van der Waals surface area contributed by atoms with Crippen LogP contribution in [0.4, 0.5) is 0 Å². The van der Waals surface area contributed by atoms with E-state index in [1.807, 2.05) is 0 Å². The van der Waals surface area contributed by atoms with Crippen LogP contribution in [0.1, 0.15) is 37.7 Å². The normalized spacial score (nSPS) is 15.4. The molecule has 2 rings (SSSR count). The Labute approximate surface area is 125 Å². The van der Waals surface area contributed by atoms with E-state index < -0.39 is 0 Å². The van der Waals surface area contributed by atoms with Crippen molar-refractivity contribution in [3.05, 3.63) is 36.4 Å². The summed E-state index contributed by atoms with van der Waals surface area (Å²) < 4.78 is 0. The van der Waals surface area contributed by atoms with E-state index in [1.54, 1.807) is 24.3 Å². The molecule has 0 aromatic heterocycles. The highest BCUT2D eigenvalue weighted by atomic mass is 32.1. The summed E-state index contributed by atoms with van der Waals surface area (Å²) in [6, 6.07) is 7.32. The predicted molar refractivity (Wildman–Crippen MR) is 86.0 cm³/mol. The standard InChI is InChI=1S/C15H21N3OS/c1-11(12-7-9-14(19)10-8-12)17-18-15(20)16-13-5-3-2-4-6-13/h7-10,13,17,19H,1-6H2,(H2,16,18,20). The molecule has 1 aromatic rings. The van der Waals surface area contributed by atoms with Gasteiger partial charge in [0, 0.05) is 6.04 Å². The lowest BCUT2D eigenvalue weighted by Gasteiger charge is -2.24. The molecule has 1 saturated carbocycles. The first-order valence-corrected chi connectivity index (χ1v) is 7.37. The molecule has 5 heteroatoms. The number of benzene rings is 1. The number of thiocarbonyl (C=S) groups is 1. The largest absolute Gasteiger partial charge is 0.508 e. The molecule has 4 N–H and O–H groups in total. The minimum Gasteiger partial charge on any atom is -0.508 e. The fraction of sp³-hybridized carbons (Fsp3) is 0.400.